The lowest BCUT2D eigenvalue weighted by atomic mass is 10.2. The summed E-state index contributed by atoms with van der Waals surface area (Å²) in [5, 5.41) is 12.0. The van der Waals surface area contributed by atoms with E-state index in [1.54, 1.807) is 0 Å². The predicted molar refractivity (Wildman–Crippen MR) is 102 cm³/mol. The van der Waals surface area contributed by atoms with Gasteiger partial charge in [0.05, 0.1) is 6.54 Å². The van der Waals surface area contributed by atoms with E-state index in [9.17, 15) is 0 Å². The zero-order valence-electron chi connectivity index (χ0n) is 12.9. The number of halogens is 1. The number of rotatable bonds is 5. The topological polar surface area (TPSA) is 41.9 Å². The molecule has 4 nitrogen and oxygen atoms in total. The van der Waals surface area contributed by atoms with E-state index in [4.69, 9.17) is 23.8 Å². The number of hydrogen-bond acceptors (Lipinski definition) is 2. The minimum Gasteiger partial charge on any atom is -0.358 e. The molecule has 0 amide bonds. The van der Waals surface area contributed by atoms with Crippen LogP contribution in [-0.4, -0.2) is 14.9 Å². The first kappa shape index (κ1) is 16.5. The molecular formula is C18H17ClN4S. The lowest BCUT2D eigenvalue weighted by molar-refractivity contribution is 0.690. The number of aromatic nitrogens is 2. The fraction of sp³-hybridized carbons (Fsp3) is 0.111. The predicted octanol–water partition coefficient (Wildman–Crippen LogP) is 4.07. The summed E-state index contributed by atoms with van der Waals surface area (Å²) in [5.74, 6) is 0.717. The summed E-state index contributed by atoms with van der Waals surface area (Å²) in [6.07, 6.45) is 1.91. The lowest BCUT2D eigenvalue weighted by Gasteiger charge is -2.08. The molecule has 0 unspecified atom stereocenters. The van der Waals surface area contributed by atoms with Crippen molar-refractivity contribution in [3.8, 4) is 0 Å². The van der Waals surface area contributed by atoms with Gasteiger partial charge in [-0.3, -0.25) is 4.68 Å². The van der Waals surface area contributed by atoms with Crippen molar-refractivity contribution in [2.24, 2.45) is 0 Å². The van der Waals surface area contributed by atoms with Crippen LogP contribution in [0, 0.1) is 0 Å². The van der Waals surface area contributed by atoms with Crippen molar-refractivity contribution in [1.82, 2.24) is 15.1 Å². The van der Waals surface area contributed by atoms with Crippen molar-refractivity contribution in [3.63, 3.8) is 0 Å². The first-order valence-corrected chi connectivity index (χ1v) is 8.34. The van der Waals surface area contributed by atoms with Crippen LogP contribution in [-0.2, 0) is 13.1 Å². The Hall–Kier alpha value is -2.37. The van der Waals surface area contributed by atoms with Crippen molar-refractivity contribution < 1.29 is 0 Å². The number of thiocarbonyl (C=S) groups is 1. The van der Waals surface area contributed by atoms with Gasteiger partial charge in [-0.15, -0.1) is 0 Å². The molecule has 122 valence electrons. The molecule has 24 heavy (non-hydrogen) atoms. The lowest BCUT2D eigenvalue weighted by Crippen LogP contribution is -2.28. The quantitative estimate of drug-likeness (QED) is 0.676. The van der Waals surface area contributed by atoms with Gasteiger partial charge in [0.25, 0.3) is 0 Å². The molecule has 3 aromatic rings. The maximum Gasteiger partial charge on any atom is 0.172 e. The molecule has 6 heteroatoms. The van der Waals surface area contributed by atoms with Gasteiger partial charge in [-0.05, 0) is 35.5 Å². The summed E-state index contributed by atoms with van der Waals surface area (Å²) in [5.41, 5.74) is 2.31. The SMILES string of the molecule is S=C(NCc1ccccc1)Nc1ccn(Cc2ccc(Cl)cc2)n1. The Morgan fingerprint density at radius 3 is 2.50 bits per heavy atom. The maximum absolute atomic E-state index is 5.90. The second kappa shape index (κ2) is 7.95. The summed E-state index contributed by atoms with van der Waals surface area (Å²) >= 11 is 11.2. The number of nitrogens with zero attached hydrogens (tertiary/aromatic N) is 2. The number of nitrogens with one attached hydrogen (secondary N) is 2. The smallest absolute Gasteiger partial charge is 0.172 e. The zero-order valence-corrected chi connectivity index (χ0v) is 14.5. The third kappa shape index (κ3) is 4.81. The highest BCUT2D eigenvalue weighted by Gasteiger charge is 2.03. The minimum atomic E-state index is 0.551. The zero-order chi connectivity index (χ0) is 16.8. The molecule has 0 fully saturated rings. The Bertz CT molecular complexity index is 799. The van der Waals surface area contributed by atoms with Crippen LogP contribution in [0.2, 0.25) is 5.02 Å². The Labute approximate surface area is 151 Å². The van der Waals surface area contributed by atoms with Crippen LogP contribution in [0.4, 0.5) is 5.82 Å². The third-order valence-corrected chi connectivity index (χ3v) is 3.93. The van der Waals surface area contributed by atoms with Crippen LogP contribution >= 0.6 is 23.8 Å². The van der Waals surface area contributed by atoms with E-state index in [1.165, 1.54) is 5.56 Å². The molecule has 0 saturated carbocycles. The van der Waals surface area contributed by atoms with Crippen molar-refractivity contribution >= 4 is 34.7 Å². The van der Waals surface area contributed by atoms with Crippen molar-refractivity contribution in [1.29, 1.82) is 0 Å². The average molecular weight is 357 g/mol. The highest BCUT2D eigenvalue weighted by atomic mass is 35.5. The van der Waals surface area contributed by atoms with Gasteiger partial charge in [0.2, 0.25) is 0 Å². The Kier molecular flexibility index (Phi) is 5.46. The molecular weight excluding hydrogens is 340 g/mol. The van der Waals surface area contributed by atoms with E-state index in [2.05, 4.69) is 27.9 Å². The fourth-order valence-electron chi connectivity index (χ4n) is 2.23. The molecule has 1 heterocycles. The van der Waals surface area contributed by atoms with E-state index in [0.29, 0.717) is 18.2 Å². The largest absolute Gasteiger partial charge is 0.358 e. The molecule has 0 bridgehead atoms. The van der Waals surface area contributed by atoms with Gasteiger partial charge >= 0.3 is 0 Å². The average Bonchev–Trinajstić information content (AvgIpc) is 3.03. The van der Waals surface area contributed by atoms with E-state index in [0.717, 1.165) is 16.4 Å². The standard InChI is InChI=1S/C18H17ClN4S/c19-16-8-6-15(7-9-16)13-23-11-10-17(22-23)21-18(24)20-12-14-4-2-1-3-5-14/h1-11H,12-13H2,(H2,20,21,22,24). The summed E-state index contributed by atoms with van der Waals surface area (Å²) in [4.78, 5) is 0. The molecule has 0 aliphatic rings. The molecule has 2 N–H and O–H groups in total. The molecule has 0 saturated heterocycles. The van der Waals surface area contributed by atoms with Gasteiger partial charge in [0, 0.05) is 23.8 Å². The van der Waals surface area contributed by atoms with Crippen LogP contribution in [0.3, 0.4) is 0 Å². The number of anilines is 1. The van der Waals surface area contributed by atoms with Gasteiger partial charge < -0.3 is 10.6 Å². The summed E-state index contributed by atoms with van der Waals surface area (Å²) in [6.45, 7) is 1.36. The number of benzene rings is 2. The Morgan fingerprint density at radius 2 is 1.75 bits per heavy atom. The first-order valence-electron chi connectivity index (χ1n) is 7.56. The van der Waals surface area contributed by atoms with Crippen LogP contribution in [0.1, 0.15) is 11.1 Å². The molecule has 0 aliphatic carbocycles. The van der Waals surface area contributed by atoms with Crippen molar-refractivity contribution in [2.75, 3.05) is 5.32 Å². The third-order valence-electron chi connectivity index (χ3n) is 3.44. The first-order chi connectivity index (χ1) is 11.7. The second-order valence-corrected chi connectivity index (χ2v) is 6.16. The van der Waals surface area contributed by atoms with E-state index in [-0.39, 0.29) is 0 Å². The van der Waals surface area contributed by atoms with Gasteiger partial charge in [-0.25, -0.2) is 0 Å². The van der Waals surface area contributed by atoms with Crippen molar-refractivity contribution in [2.45, 2.75) is 13.1 Å². The summed E-state index contributed by atoms with van der Waals surface area (Å²) in [6, 6.07) is 19.7. The normalized spacial score (nSPS) is 10.4. The van der Waals surface area contributed by atoms with Crippen LogP contribution < -0.4 is 10.6 Å². The van der Waals surface area contributed by atoms with Gasteiger partial charge in [0.15, 0.2) is 10.9 Å². The van der Waals surface area contributed by atoms with E-state index < -0.39 is 0 Å². The highest BCUT2D eigenvalue weighted by Crippen LogP contribution is 2.11. The second-order valence-electron chi connectivity index (χ2n) is 5.32. The molecule has 1 aromatic heterocycles. The molecule has 3 rings (SSSR count). The van der Waals surface area contributed by atoms with E-state index >= 15 is 0 Å². The monoisotopic (exact) mass is 356 g/mol. The highest BCUT2D eigenvalue weighted by molar-refractivity contribution is 7.80. The summed E-state index contributed by atoms with van der Waals surface area (Å²) in [7, 11) is 0. The maximum atomic E-state index is 5.90. The van der Waals surface area contributed by atoms with Crippen LogP contribution in [0.15, 0.2) is 66.9 Å². The number of hydrogen-bond donors (Lipinski definition) is 2. The van der Waals surface area contributed by atoms with Gasteiger partial charge in [-0.2, -0.15) is 5.10 Å². The molecule has 2 aromatic carbocycles. The minimum absolute atomic E-state index is 0.551. The fourth-order valence-corrected chi connectivity index (χ4v) is 2.53. The summed E-state index contributed by atoms with van der Waals surface area (Å²) < 4.78 is 1.85. The Balaban J connectivity index is 1.51. The van der Waals surface area contributed by atoms with Crippen LogP contribution in [0.5, 0.6) is 0 Å². The Morgan fingerprint density at radius 1 is 1.00 bits per heavy atom. The molecule has 0 spiro atoms. The molecule has 0 aliphatic heterocycles. The molecule has 0 radical (unpaired) electrons. The van der Waals surface area contributed by atoms with Gasteiger partial charge in [-0.1, -0.05) is 54.1 Å². The molecule has 0 atom stereocenters. The van der Waals surface area contributed by atoms with E-state index in [1.807, 2.05) is 59.4 Å². The van der Waals surface area contributed by atoms with Crippen LogP contribution in [0.25, 0.3) is 0 Å². The van der Waals surface area contributed by atoms with Crippen molar-refractivity contribution in [3.05, 3.63) is 83.0 Å². The van der Waals surface area contributed by atoms with Gasteiger partial charge in [0.1, 0.15) is 0 Å².